The molecule has 82 valence electrons. The maximum atomic E-state index is 12.5. The molecule has 0 saturated carbocycles. The van der Waals surface area contributed by atoms with Crippen LogP contribution in [0.1, 0.15) is 5.56 Å². The highest BCUT2D eigenvalue weighted by molar-refractivity contribution is 5.85. The zero-order valence-electron chi connectivity index (χ0n) is 7.30. The summed E-state index contributed by atoms with van der Waals surface area (Å²) in [5, 5.41) is 6.19. The summed E-state index contributed by atoms with van der Waals surface area (Å²) in [5.74, 6) is 0. The number of benzene rings is 1. The number of alkyl halides is 3. The lowest BCUT2D eigenvalue weighted by Crippen LogP contribution is -2.06. The molecular weight excluding hydrogens is 231 g/mol. The minimum Gasteiger partial charge on any atom is -0.399 e. The van der Waals surface area contributed by atoms with Crippen LogP contribution < -0.4 is 5.73 Å². The third-order valence-corrected chi connectivity index (χ3v) is 1.88. The standard InChI is InChI=1S/C8H6F3N3.ClH/c9-8(10,11)6-2-5(12)1-4-3-13-14-7(4)6;/h1-3H,12H2,(H,13,14);1H. The van der Waals surface area contributed by atoms with E-state index < -0.39 is 11.7 Å². The molecule has 0 radical (unpaired) electrons. The largest absolute Gasteiger partial charge is 0.418 e. The molecule has 7 heteroatoms. The fourth-order valence-corrected chi connectivity index (χ4v) is 1.30. The van der Waals surface area contributed by atoms with Gasteiger partial charge in [0.1, 0.15) is 0 Å². The van der Waals surface area contributed by atoms with Crippen LogP contribution in [0.15, 0.2) is 18.3 Å². The second-order valence-electron chi connectivity index (χ2n) is 2.90. The molecule has 0 spiro atoms. The summed E-state index contributed by atoms with van der Waals surface area (Å²) in [7, 11) is 0. The van der Waals surface area contributed by atoms with Gasteiger partial charge in [0.05, 0.1) is 17.3 Å². The van der Waals surface area contributed by atoms with Gasteiger partial charge in [-0.2, -0.15) is 18.3 Å². The molecular formula is C8H7ClF3N3. The number of aromatic amines is 1. The van der Waals surface area contributed by atoms with Crippen LogP contribution in [0, 0.1) is 0 Å². The number of nitrogen functional groups attached to an aromatic ring is 1. The third kappa shape index (κ3) is 1.99. The van der Waals surface area contributed by atoms with E-state index in [1.54, 1.807) is 0 Å². The number of halogens is 4. The van der Waals surface area contributed by atoms with E-state index in [0.717, 1.165) is 6.07 Å². The van der Waals surface area contributed by atoms with E-state index in [1.165, 1.54) is 12.3 Å². The number of anilines is 1. The number of aromatic nitrogens is 2. The van der Waals surface area contributed by atoms with Crippen LogP contribution in [-0.4, -0.2) is 10.2 Å². The molecule has 0 amide bonds. The molecule has 1 aromatic carbocycles. The molecule has 1 heterocycles. The van der Waals surface area contributed by atoms with Crippen molar-refractivity contribution in [2.24, 2.45) is 0 Å². The Labute approximate surface area is 88.9 Å². The summed E-state index contributed by atoms with van der Waals surface area (Å²) in [4.78, 5) is 0. The van der Waals surface area contributed by atoms with Crippen molar-refractivity contribution in [3.05, 3.63) is 23.9 Å². The van der Waals surface area contributed by atoms with Crippen LogP contribution in [0.2, 0.25) is 0 Å². The van der Waals surface area contributed by atoms with E-state index >= 15 is 0 Å². The molecule has 2 aromatic rings. The molecule has 0 atom stereocenters. The summed E-state index contributed by atoms with van der Waals surface area (Å²) in [6, 6.07) is 2.33. The van der Waals surface area contributed by atoms with E-state index in [0.29, 0.717) is 5.39 Å². The molecule has 3 N–H and O–H groups in total. The predicted molar refractivity (Wildman–Crippen MR) is 52.8 cm³/mol. The average molecular weight is 238 g/mol. The second-order valence-corrected chi connectivity index (χ2v) is 2.90. The van der Waals surface area contributed by atoms with Crippen LogP contribution in [0.3, 0.4) is 0 Å². The molecule has 3 nitrogen and oxygen atoms in total. The number of H-pyrrole nitrogens is 1. The summed E-state index contributed by atoms with van der Waals surface area (Å²) < 4.78 is 37.4. The van der Waals surface area contributed by atoms with Crippen LogP contribution in [0.25, 0.3) is 10.9 Å². The average Bonchev–Trinajstić information content (AvgIpc) is 2.47. The van der Waals surface area contributed by atoms with Crippen molar-refractivity contribution in [2.45, 2.75) is 6.18 Å². The Morgan fingerprint density at radius 3 is 2.53 bits per heavy atom. The summed E-state index contributed by atoms with van der Waals surface area (Å²) >= 11 is 0. The number of nitrogens with one attached hydrogen (secondary N) is 1. The first-order valence-electron chi connectivity index (χ1n) is 3.78. The van der Waals surface area contributed by atoms with Crippen LogP contribution in [0.4, 0.5) is 18.9 Å². The SMILES string of the molecule is Cl.Nc1cc(C(F)(F)F)c2[nH]ncc2c1. The molecule has 0 saturated heterocycles. The molecule has 0 aliphatic carbocycles. The maximum absolute atomic E-state index is 12.5. The topological polar surface area (TPSA) is 54.7 Å². The lowest BCUT2D eigenvalue weighted by Gasteiger charge is -2.08. The molecule has 0 unspecified atom stereocenters. The Bertz CT molecular complexity index is 477. The molecule has 0 bridgehead atoms. The van der Waals surface area contributed by atoms with Gasteiger partial charge in [0.15, 0.2) is 0 Å². The van der Waals surface area contributed by atoms with Gasteiger partial charge in [-0.05, 0) is 12.1 Å². The molecule has 0 aliphatic rings. The van der Waals surface area contributed by atoms with Crippen molar-refractivity contribution >= 4 is 29.0 Å². The molecule has 2 rings (SSSR count). The number of hydrogen-bond donors (Lipinski definition) is 2. The number of rotatable bonds is 0. The number of nitrogens with two attached hydrogens (primary N) is 1. The minimum atomic E-state index is -4.42. The van der Waals surface area contributed by atoms with E-state index in [9.17, 15) is 13.2 Å². The van der Waals surface area contributed by atoms with Gasteiger partial charge >= 0.3 is 6.18 Å². The third-order valence-electron chi connectivity index (χ3n) is 1.88. The van der Waals surface area contributed by atoms with E-state index in [2.05, 4.69) is 10.2 Å². The Morgan fingerprint density at radius 2 is 1.93 bits per heavy atom. The van der Waals surface area contributed by atoms with Crippen molar-refractivity contribution in [1.82, 2.24) is 10.2 Å². The smallest absolute Gasteiger partial charge is 0.399 e. The number of fused-ring (bicyclic) bond motifs is 1. The van der Waals surface area contributed by atoms with Crippen LogP contribution >= 0.6 is 12.4 Å². The van der Waals surface area contributed by atoms with Crippen molar-refractivity contribution in [1.29, 1.82) is 0 Å². The van der Waals surface area contributed by atoms with E-state index in [1.807, 2.05) is 0 Å². The summed E-state index contributed by atoms with van der Waals surface area (Å²) in [6.07, 6.45) is -3.11. The van der Waals surface area contributed by atoms with Crippen LogP contribution in [-0.2, 0) is 6.18 Å². The van der Waals surface area contributed by atoms with Gasteiger partial charge < -0.3 is 5.73 Å². The molecule has 0 fully saturated rings. The van der Waals surface area contributed by atoms with Crippen LogP contribution in [0.5, 0.6) is 0 Å². The first kappa shape index (κ1) is 11.6. The highest BCUT2D eigenvalue weighted by Crippen LogP contribution is 2.35. The Kier molecular flexibility index (Phi) is 2.81. The first-order valence-corrected chi connectivity index (χ1v) is 3.78. The fourth-order valence-electron chi connectivity index (χ4n) is 1.30. The Morgan fingerprint density at radius 1 is 1.27 bits per heavy atom. The second kappa shape index (κ2) is 3.62. The van der Waals surface area contributed by atoms with Gasteiger partial charge in [-0.3, -0.25) is 5.10 Å². The van der Waals surface area contributed by atoms with Gasteiger partial charge in [-0.15, -0.1) is 12.4 Å². The Hall–Kier alpha value is -1.43. The van der Waals surface area contributed by atoms with Crippen molar-refractivity contribution in [2.75, 3.05) is 5.73 Å². The van der Waals surface area contributed by atoms with Gasteiger partial charge in [0, 0.05) is 11.1 Å². The molecule has 1 aromatic heterocycles. The number of hydrogen-bond acceptors (Lipinski definition) is 2. The molecule has 0 aliphatic heterocycles. The van der Waals surface area contributed by atoms with E-state index in [-0.39, 0.29) is 23.6 Å². The lowest BCUT2D eigenvalue weighted by molar-refractivity contribution is -0.136. The van der Waals surface area contributed by atoms with Gasteiger partial charge in [0.2, 0.25) is 0 Å². The van der Waals surface area contributed by atoms with E-state index in [4.69, 9.17) is 5.73 Å². The Balaban J connectivity index is 0.00000112. The first-order chi connectivity index (χ1) is 6.48. The lowest BCUT2D eigenvalue weighted by atomic mass is 10.1. The normalized spacial score (nSPS) is 11.4. The minimum absolute atomic E-state index is 0. The predicted octanol–water partition coefficient (Wildman–Crippen LogP) is 2.59. The van der Waals surface area contributed by atoms with Crippen molar-refractivity contribution < 1.29 is 13.2 Å². The van der Waals surface area contributed by atoms with Gasteiger partial charge in [0.25, 0.3) is 0 Å². The summed E-state index contributed by atoms with van der Waals surface area (Å²) in [5.41, 5.74) is 4.59. The summed E-state index contributed by atoms with van der Waals surface area (Å²) in [6.45, 7) is 0. The fraction of sp³-hybridized carbons (Fsp3) is 0.125. The van der Waals surface area contributed by atoms with Gasteiger partial charge in [-0.25, -0.2) is 0 Å². The molecule has 15 heavy (non-hydrogen) atoms. The van der Waals surface area contributed by atoms with Gasteiger partial charge in [-0.1, -0.05) is 0 Å². The zero-order chi connectivity index (χ0) is 10.3. The van der Waals surface area contributed by atoms with Crippen molar-refractivity contribution in [3.63, 3.8) is 0 Å². The number of nitrogens with zero attached hydrogens (tertiary/aromatic N) is 1. The van der Waals surface area contributed by atoms with Crippen molar-refractivity contribution in [3.8, 4) is 0 Å². The highest BCUT2D eigenvalue weighted by Gasteiger charge is 2.33. The maximum Gasteiger partial charge on any atom is 0.418 e. The quantitative estimate of drug-likeness (QED) is 0.692. The highest BCUT2D eigenvalue weighted by atomic mass is 35.5. The monoisotopic (exact) mass is 237 g/mol. The zero-order valence-corrected chi connectivity index (χ0v) is 8.12.